The number of aromatic nitrogens is 3. The Kier molecular flexibility index (Phi) is 6.04. The molecule has 4 aromatic rings. The van der Waals surface area contributed by atoms with Crippen LogP contribution in [0.25, 0.3) is 16.7 Å². The molecular formula is C23H19ClN4O4. The van der Waals surface area contributed by atoms with Crippen molar-refractivity contribution in [3.05, 3.63) is 76.9 Å². The Morgan fingerprint density at radius 1 is 1.09 bits per heavy atom. The first kappa shape index (κ1) is 21.3. The van der Waals surface area contributed by atoms with E-state index in [1.807, 2.05) is 30.3 Å². The number of rotatable bonds is 6. The van der Waals surface area contributed by atoms with Gasteiger partial charge in [-0.05, 0) is 43.3 Å². The fourth-order valence-corrected chi connectivity index (χ4v) is 3.38. The summed E-state index contributed by atoms with van der Waals surface area (Å²) in [5.74, 6) is -0.268. The number of hydrogen-bond acceptors (Lipinski definition) is 6. The van der Waals surface area contributed by atoms with Crippen LogP contribution in [0.3, 0.4) is 0 Å². The molecule has 0 fully saturated rings. The molecule has 2 aromatic carbocycles. The quantitative estimate of drug-likeness (QED) is 0.434. The van der Waals surface area contributed by atoms with E-state index in [0.29, 0.717) is 16.6 Å². The number of esters is 1. The van der Waals surface area contributed by atoms with Gasteiger partial charge >= 0.3 is 5.97 Å². The molecule has 0 saturated carbocycles. The fourth-order valence-electron chi connectivity index (χ4n) is 3.21. The highest BCUT2D eigenvalue weighted by Gasteiger charge is 2.24. The molecule has 0 radical (unpaired) electrons. The second kappa shape index (κ2) is 9.07. The van der Waals surface area contributed by atoms with Crippen LogP contribution < -0.4 is 10.1 Å². The molecular weight excluding hydrogens is 432 g/mol. The second-order valence-electron chi connectivity index (χ2n) is 6.70. The predicted octanol–water partition coefficient (Wildman–Crippen LogP) is 4.51. The zero-order valence-electron chi connectivity index (χ0n) is 17.3. The van der Waals surface area contributed by atoms with Gasteiger partial charge in [0.15, 0.2) is 11.6 Å². The van der Waals surface area contributed by atoms with Gasteiger partial charge in [0.05, 0.1) is 31.0 Å². The lowest BCUT2D eigenvalue weighted by Crippen LogP contribution is -2.19. The van der Waals surface area contributed by atoms with E-state index in [1.54, 1.807) is 25.1 Å². The van der Waals surface area contributed by atoms with Gasteiger partial charge in [-0.1, -0.05) is 29.8 Å². The minimum Gasteiger partial charge on any atom is -0.496 e. The molecule has 0 atom stereocenters. The smallest absolute Gasteiger partial charge is 0.343 e. The maximum Gasteiger partial charge on any atom is 0.343 e. The number of nitrogens with one attached hydrogen (secondary N) is 1. The molecule has 0 spiro atoms. The number of carbonyl (C=O) groups is 2. The minimum atomic E-state index is -0.618. The molecule has 8 nitrogen and oxygen atoms in total. The van der Waals surface area contributed by atoms with Crippen molar-refractivity contribution in [3.63, 3.8) is 0 Å². The monoisotopic (exact) mass is 450 g/mol. The van der Waals surface area contributed by atoms with Crippen LogP contribution in [0.2, 0.25) is 5.02 Å². The van der Waals surface area contributed by atoms with E-state index >= 15 is 0 Å². The topological polar surface area (TPSA) is 95.3 Å². The second-order valence-corrected chi connectivity index (χ2v) is 7.14. The first-order valence-corrected chi connectivity index (χ1v) is 10.2. The number of hydrogen-bond donors (Lipinski definition) is 1. The van der Waals surface area contributed by atoms with Crippen molar-refractivity contribution in [2.24, 2.45) is 0 Å². The Balaban J connectivity index is 1.80. The molecule has 2 aromatic heterocycles. The van der Waals surface area contributed by atoms with Crippen molar-refractivity contribution in [1.82, 2.24) is 14.8 Å². The standard InChI is InChI=1S/C23H19ClN4O4/c1-3-32-23(30)17-13-25-28(20-11-8-14-6-4-5-7-18(14)26-20)21(17)27-22(29)16-12-15(24)9-10-19(16)31-2/h4-13H,3H2,1-2H3,(H,27,29). The molecule has 9 heteroatoms. The number of benzene rings is 2. The number of fused-ring (bicyclic) bond motifs is 1. The molecule has 0 aliphatic rings. The van der Waals surface area contributed by atoms with E-state index in [1.165, 1.54) is 24.1 Å². The SMILES string of the molecule is CCOC(=O)c1cnn(-c2ccc3ccccc3n2)c1NC(=O)c1cc(Cl)ccc1OC. The van der Waals surface area contributed by atoms with E-state index in [0.717, 1.165) is 10.9 Å². The maximum absolute atomic E-state index is 13.1. The highest BCUT2D eigenvalue weighted by atomic mass is 35.5. The number of nitrogens with zero attached hydrogens (tertiary/aromatic N) is 3. The molecule has 162 valence electrons. The van der Waals surface area contributed by atoms with Crippen LogP contribution in [0.4, 0.5) is 5.82 Å². The summed E-state index contributed by atoms with van der Waals surface area (Å²) in [6.45, 7) is 1.87. The van der Waals surface area contributed by atoms with E-state index in [2.05, 4.69) is 15.4 Å². The largest absolute Gasteiger partial charge is 0.496 e. The molecule has 2 heterocycles. The number of ether oxygens (including phenoxy) is 2. The third kappa shape index (κ3) is 4.13. The molecule has 1 amide bonds. The summed E-state index contributed by atoms with van der Waals surface area (Å²) in [5, 5.41) is 8.34. The summed E-state index contributed by atoms with van der Waals surface area (Å²) >= 11 is 6.07. The molecule has 4 rings (SSSR count). The highest BCUT2D eigenvalue weighted by molar-refractivity contribution is 6.31. The normalized spacial score (nSPS) is 10.7. The number of methoxy groups -OCH3 is 1. The van der Waals surface area contributed by atoms with Crippen LogP contribution >= 0.6 is 11.6 Å². The Hall–Kier alpha value is -3.91. The van der Waals surface area contributed by atoms with Crippen LogP contribution in [0, 0.1) is 0 Å². The molecule has 32 heavy (non-hydrogen) atoms. The maximum atomic E-state index is 13.1. The summed E-state index contributed by atoms with van der Waals surface area (Å²) in [6.07, 6.45) is 1.33. The van der Waals surface area contributed by atoms with Gasteiger partial charge in [-0.15, -0.1) is 0 Å². The molecule has 0 aliphatic heterocycles. The Morgan fingerprint density at radius 2 is 1.91 bits per heavy atom. The lowest BCUT2D eigenvalue weighted by Gasteiger charge is -2.13. The minimum absolute atomic E-state index is 0.0937. The van der Waals surface area contributed by atoms with Gasteiger partial charge in [0.2, 0.25) is 0 Å². The summed E-state index contributed by atoms with van der Waals surface area (Å²) in [7, 11) is 1.45. The number of amides is 1. The number of halogens is 1. The zero-order valence-corrected chi connectivity index (χ0v) is 18.1. The number of carbonyl (C=O) groups excluding carboxylic acids is 2. The third-order valence-electron chi connectivity index (χ3n) is 4.70. The van der Waals surface area contributed by atoms with Crippen molar-refractivity contribution in [2.75, 3.05) is 19.0 Å². The molecule has 1 N–H and O–H groups in total. The summed E-state index contributed by atoms with van der Waals surface area (Å²) < 4.78 is 11.8. The Labute approximate surface area is 188 Å². The predicted molar refractivity (Wildman–Crippen MR) is 121 cm³/mol. The fraction of sp³-hybridized carbons (Fsp3) is 0.130. The highest BCUT2D eigenvalue weighted by Crippen LogP contribution is 2.26. The summed E-state index contributed by atoms with van der Waals surface area (Å²) in [6, 6.07) is 15.9. The van der Waals surface area contributed by atoms with Crippen molar-refractivity contribution in [2.45, 2.75) is 6.92 Å². The zero-order chi connectivity index (χ0) is 22.7. The number of anilines is 1. The van der Waals surface area contributed by atoms with Gasteiger partial charge in [0, 0.05) is 10.4 Å². The van der Waals surface area contributed by atoms with Crippen molar-refractivity contribution in [1.29, 1.82) is 0 Å². The van der Waals surface area contributed by atoms with Crippen LogP contribution in [0.1, 0.15) is 27.6 Å². The van der Waals surface area contributed by atoms with Crippen LogP contribution in [-0.4, -0.2) is 40.4 Å². The van der Waals surface area contributed by atoms with Crippen molar-refractivity contribution < 1.29 is 19.1 Å². The van der Waals surface area contributed by atoms with E-state index < -0.39 is 11.9 Å². The van der Waals surface area contributed by atoms with Crippen LogP contribution in [-0.2, 0) is 4.74 Å². The Morgan fingerprint density at radius 3 is 2.69 bits per heavy atom. The van der Waals surface area contributed by atoms with E-state index in [4.69, 9.17) is 21.1 Å². The average Bonchev–Trinajstić information content (AvgIpc) is 3.22. The van der Waals surface area contributed by atoms with Gasteiger partial charge in [-0.2, -0.15) is 9.78 Å². The lowest BCUT2D eigenvalue weighted by molar-refractivity contribution is 0.0527. The molecule has 0 aliphatic carbocycles. The van der Waals surface area contributed by atoms with Gasteiger partial charge < -0.3 is 14.8 Å². The first-order valence-electron chi connectivity index (χ1n) is 9.78. The van der Waals surface area contributed by atoms with Crippen LogP contribution in [0.15, 0.2) is 60.8 Å². The summed E-state index contributed by atoms with van der Waals surface area (Å²) in [5.41, 5.74) is 1.04. The van der Waals surface area contributed by atoms with Gasteiger partial charge in [-0.3, -0.25) is 4.79 Å². The lowest BCUT2D eigenvalue weighted by atomic mass is 10.2. The van der Waals surface area contributed by atoms with Crippen LogP contribution in [0.5, 0.6) is 5.75 Å². The van der Waals surface area contributed by atoms with E-state index in [9.17, 15) is 9.59 Å². The van der Waals surface area contributed by atoms with Gasteiger partial charge in [-0.25, -0.2) is 9.78 Å². The molecule has 0 bridgehead atoms. The molecule has 0 saturated heterocycles. The summed E-state index contributed by atoms with van der Waals surface area (Å²) in [4.78, 5) is 30.2. The van der Waals surface area contributed by atoms with Crippen molar-refractivity contribution >= 4 is 40.2 Å². The number of pyridine rings is 1. The van der Waals surface area contributed by atoms with Crippen molar-refractivity contribution in [3.8, 4) is 11.6 Å². The molecule has 0 unspecified atom stereocenters. The van der Waals surface area contributed by atoms with Gasteiger partial charge in [0.1, 0.15) is 11.3 Å². The third-order valence-corrected chi connectivity index (χ3v) is 4.94. The van der Waals surface area contributed by atoms with Gasteiger partial charge in [0.25, 0.3) is 5.91 Å². The first-order chi connectivity index (χ1) is 15.5. The number of para-hydroxylation sites is 1. The average molecular weight is 451 g/mol. The Bertz CT molecular complexity index is 1320. The van der Waals surface area contributed by atoms with E-state index in [-0.39, 0.29) is 23.6 Å².